The largest absolute Gasteiger partial charge is 0.481 e. The van der Waals surface area contributed by atoms with Gasteiger partial charge >= 0.3 is 11.9 Å². The lowest BCUT2D eigenvalue weighted by Crippen LogP contribution is -1.99. The third-order valence-corrected chi connectivity index (χ3v) is 4.05. The molecule has 0 radical (unpaired) electrons. The normalized spacial score (nSPS) is 10.4. The SMILES string of the molecule is Cc1nc(Nc2ccc(Cl)c(C(=O)O)c2)sc1CC(=O)O. The van der Waals surface area contributed by atoms with E-state index in [1.165, 1.54) is 23.5 Å². The van der Waals surface area contributed by atoms with Crippen molar-refractivity contribution in [1.29, 1.82) is 0 Å². The average Bonchev–Trinajstić information content (AvgIpc) is 2.71. The van der Waals surface area contributed by atoms with Crippen molar-refractivity contribution in [1.82, 2.24) is 4.98 Å². The molecular weight excluding hydrogens is 316 g/mol. The highest BCUT2D eigenvalue weighted by atomic mass is 35.5. The highest BCUT2D eigenvalue weighted by Gasteiger charge is 2.13. The van der Waals surface area contributed by atoms with Gasteiger partial charge in [-0.1, -0.05) is 11.6 Å². The molecule has 1 aromatic heterocycles. The number of aromatic carboxylic acids is 1. The Hall–Kier alpha value is -2.12. The molecule has 0 atom stereocenters. The van der Waals surface area contributed by atoms with Crippen molar-refractivity contribution in [2.45, 2.75) is 13.3 Å². The first-order valence-corrected chi connectivity index (χ1v) is 7.04. The Morgan fingerprint density at radius 2 is 2.10 bits per heavy atom. The number of aliphatic carboxylic acids is 1. The van der Waals surface area contributed by atoms with Crippen molar-refractivity contribution in [3.63, 3.8) is 0 Å². The third-order valence-electron chi connectivity index (χ3n) is 2.65. The second-order valence-corrected chi connectivity index (χ2v) is 5.71. The van der Waals surface area contributed by atoms with Gasteiger partial charge in [-0.05, 0) is 25.1 Å². The van der Waals surface area contributed by atoms with Crippen LogP contribution in [0, 0.1) is 6.92 Å². The molecule has 2 rings (SSSR count). The number of hydrogen-bond acceptors (Lipinski definition) is 5. The topological polar surface area (TPSA) is 99.5 Å². The zero-order valence-corrected chi connectivity index (χ0v) is 12.5. The first-order chi connectivity index (χ1) is 9.86. The summed E-state index contributed by atoms with van der Waals surface area (Å²) in [5, 5.41) is 21.4. The van der Waals surface area contributed by atoms with Crippen molar-refractivity contribution in [3.8, 4) is 0 Å². The molecular formula is C13H11ClN2O4S. The lowest BCUT2D eigenvalue weighted by atomic mass is 10.2. The Morgan fingerprint density at radius 3 is 2.71 bits per heavy atom. The van der Waals surface area contributed by atoms with Crippen LogP contribution in [0.2, 0.25) is 5.02 Å². The molecule has 2 aromatic rings. The van der Waals surface area contributed by atoms with E-state index in [9.17, 15) is 9.59 Å². The molecule has 3 N–H and O–H groups in total. The number of carboxylic acids is 2. The molecule has 0 saturated heterocycles. The second kappa shape index (κ2) is 6.11. The molecule has 8 heteroatoms. The quantitative estimate of drug-likeness (QED) is 0.780. The van der Waals surface area contributed by atoms with Gasteiger partial charge in [0.25, 0.3) is 0 Å². The van der Waals surface area contributed by atoms with Crippen molar-refractivity contribution in [3.05, 3.63) is 39.4 Å². The molecule has 21 heavy (non-hydrogen) atoms. The molecule has 1 aromatic carbocycles. The summed E-state index contributed by atoms with van der Waals surface area (Å²) in [6.45, 7) is 1.73. The lowest BCUT2D eigenvalue weighted by Gasteiger charge is -2.05. The highest BCUT2D eigenvalue weighted by Crippen LogP contribution is 2.28. The van der Waals surface area contributed by atoms with Crippen LogP contribution in [-0.2, 0) is 11.2 Å². The molecule has 1 heterocycles. The van der Waals surface area contributed by atoms with E-state index >= 15 is 0 Å². The number of rotatable bonds is 5. The molecule has 110 valence electrons. The fraction of sp³-hybridized carbons (Fsp3) is 0.154. The van der Waals surface area contributed by atoms with E-state index in [4.69, 9.17) is 21.8 Å². The summed E-state index contributed by atoms with van der Waals surface area (Å²) in [5.74, 6) is -2.04. The van der Waals surface area contributed by atoms with Crippen LogP contribution in [0.25, 0.3) is 0 Å². The zero-order chi connectivity index (χ0) is 15.6. The molecule has 0 aliphatic heterocycles. The maximum absolute atomic E-state index is 11.0. The number of anilines is 2. The molecule has 0 fully saturated rings. The summed E-state index contributed by atoms with van der Waals surface area (Å²) < 4.78 is 0. The van der Waals surface area contributed by atoms with E-state index in [1.807, 2.05) is 0 Å². The van der Waals surface area contributed by atoms with Gasteiger partial charge in [0, 0.05) is 10.6 Å². The summed E-state index contributed by atoms with van der Waals surface area (Å²) in [7, 11) is 0. The Kier molecular flexibility index (Phi) is 4.44. The van der Waals surface area contributed by atoms with Gasteiger partial charge in [0.15, 0.2) is 5.13 Å². The average molecular weight is 327 g/mol. The van der Waals surface area contributed by atoms with Crippen LogP contribution in [0.4, 0.5) is 10.8 Å². The molecule has 6 nitrogen and oxygen atoms in total. The zero-order valence-electron chi connectivity index (χ0n) is 10.9. The number of aryl methyl sites for hydroxylation is 1. The maximum Gasteiger partial charge on any atom is 0.337 e. The third kappa shape index (κ3) is 3.71. The molecule has 0 aliphatic rings. The standard InChI is InChI=1S/C13H11ClN2O4S/c1-6-10(5-11(17)18)21-13(15-6)16-7-2-3-9(14)8(4-7)12(19)20/h2-4H,5H2,1H3,(H,15,16)(H,17,18)(H,19,20). The van der Waals surface area contributed by atoms with Gasteiger partial charge in [0.2, 0.25) is 0 Å². The van der Waals surface area contributed by atoms with Crippen LogP contribution >= 0.6 is 22.9 Å². The van der Waals surface area contributed by atoms with Gasteiger partial charge in [-0.25, -0.2) is 9.78 Å². The lowest BCUT2D eigenvalue weighted by molar-refractivity contribution is -0.136. The first kappa shape index (κ1) is 15.3. The minimum atomic E-state index is -1.12. The predicted molar refractivity (Wildman–Crippen MR) is 79.9 cm³/mol. The van der Waals surface area contributed by atoms with Gasteiger partial charge < -0.3 is 15.5 Å². The Labute approximate surface area is 129 Å². The molecule has 0 amide bonds. The minimum absolute atomic E-state index is 0.0132. The van der Waals surface area contributed by atoms with Crippen LogP contribution in [0.1, 0.15) is 20.9 Å². The first-order valence-electron chi connectivity index (χ1n) is 5.85. The minimum Gasteiger partial charge on any atom is -0.481 e. The van der Waals surface area contributed by atoms with Crippen LogP contribution in [0.3, 0.4) is 0 Å². The number of aromatic nitrogens is 1. The summed E-state index contributed by atoms with van der Waals surface area (Å²) in [6.07, 6.45) is -0.0911. The Balaban J connectivity index is 2.24. The van der Waals surface area contributed by atoms with E-state index in [0.29, 0.717) is 21.4 Å². The van der Waals surface area contributed by atoms with Crippen molar-refractivity contribution >= 4 is 45.7 Å². The summed E-state index contributed by atoms with van der Waals surface area (Å²) in [6, 6.07) is 4.51. The van der Waals surface area contributed by atoms with Crippen molar-refractivity contribution in [2.75, 3.05) is 5.32 Å². The van der Waals surface area contributed by atoms with E-state index in [-0.39, 0.29) is 17.0 Å². The van der Waals surface area contributed by atoms with Gasteiger partial charge in [0.05, 0.1) is 22.7 Å². The fourth-order valence-electron chi connectivity index (χ4n) is 1.67. The number of thiazole rings is 1. The monoisotopic (exact) mass is 326 g/mol. The van der Waals surface area contributed by atoms with Gasteiger partial charge in [-0.2, -0.15) is 0 Å². The molecule has 0 unspecified atom stereocenters. The number of hydrogen-bond donors (Lipinski definition) is 3. The van der Waals surface area contributed by atoms with E-state index in [1.54, 1.807) is 13.0 Å². The molecule has 0 saturated carbocycles. The van der Waals surface area contributed by atoms with Crippen LogP contribution in [0.5, 0.6) is 0 Å². The van der Waals surface area contributed by atoms with Gasteiger partial charge in [-0.3, -0.25) is 4.79 Å². The number of carboxylic acid groups (broad SMARTS) is 2. The second-order valence-electron chi connectivity index (χ2n) is 4.22. The predicted octanol–water partition coefficient (Wildman–Crippen LogP) is 3.17. The molecule has 0 spiro atoms. The van der Waals surface area contributed by atoms with Gasteiger partial charge in [0.1, 0.15) is 0 Å². The van der Waals surface area contributed by atoms with Crippen molar-refractivity contribution < 1.29 is 19.8 Å². The van der Waals surface area contributed by atoms with Crippen LogP contribution in [-0.4, -0.2) is 27.1 Å². The number of benzene rings is 1. The maximum atomic E-state index is 11.0. The number of nitrogens with one attached hydrogen (secondary N) is 1. The van der Waals surface area contributed by atoms with Gasteiger partial charge in [-0.15, -0.1) is 11.3 Å². The highest BCUT2D eigenvalue weighted by molar-refractivity contribution is 7.15. The number of halogens is 1. The fourth-order valence-corrected chi connectivity index (χ4v) is 2.85. The summed E-state index contributed by atoms with van der Waals surface area (Å²) in [4.78, 5) is 26.6. The Morgan fingerprint density at radius 1 is 1.38 bits per heavy atom. The Bertz CT molecular complexity index is 714. The smallest absolute Gasteiger partial charge is 0.337 e. The van der Waals surface area contributed by atoms with E-state index in [2.05, 4.69) is 10.3 Å². The van der Waals surface area contributed by atoms with Crippen molar-refractivity contribution in [2.24, 2.45) is 0 Å². The summed E-state index contributed by atoms with van der Waals surface area (Å²) in [5.41, 5.74) is 1.14. The number of nitrogens with zero attached hydrogens (tertiary/aromatic N) is 1. The summed E-state index contributed by atoms with van der Waals surface area (Å²) >= 11 is 7.01. The number of carbonyl (C=O) groups is 2. The van der Waals surface area contributed by atoms with E-state index in [0.717, 1.165) is 0 Å². The van der Waals surface area contributed by atoms with E-state index < -0.39 is 11.9 Å². The van der Waals surface area contributed by atoms with Crippen LogP contribution in [0.15, 0.2) is 18.2 Å². The molecule has 0 aliphatic carbocycles. The molecule has 0 bridgehead atoms. The van der Waals surface area contributed by atoms with Crippen LogP contribution < -0.4 is 5.32 Å².